The Morgan fingerprint density at radius 1 is 1.00 bits per heavy atom. The number of nitrogens with one attached hydrogen (secondary N) is 1. The summed E-state index contributed by atoms with van der Waals surface area (Å²) in [6, 6.07) is 12.4. The van der Waals surface area contributed by atoms with Crippen LogP contribution in [0.5, 0.6) is 17.2 Å². The van der Waals surface area contributed by atoms with Crippen LogP contribution < -0.4 is 19.6 Å². The molecule has 0 spiro atoms. The van der Waals surface area contributed by atoms with Crippen LogP contribution in [0.25, 0.3) is 11.0 Å². The lowest BCUT2D eigenvalue weighted by molar-refractivity contribution is 0.0929. The van der Waals surface area contributed by atoms with Gasteiger partial charge < -0.3 is 18.6 Å². The maximum Gasteiger partial charge on any atom is 0.307 e. The highest BCUT2D eigenvalue weighted by Crippen LogP contribution is 2.33. The fraction of sp³-hybridized carbons (Fsp3) is 0.158. The van der Waals surface area contributed by atoms with Crippen molar-refractivity contribution in [3.05, 3.63) is 53.8 Å². The van der Waals surface area contributed by atoms with Gasteiger partial charge >= 0.3 is 5.91 Å². The summed E-state index contributed by atoms with van der Waals surface area (Å²) in [4.78, 5) is 12.2. The van der Waals surface area contributed by atoms with Gasteiger partial charge in [0.2, 0.25) is 0 Å². The summed E-state index contributed by atoms with van der Waals surface area (Å²) in [6.45, 7) is 0. The topological polar surface area (TPSA) is 82.3 Å². The molecule has 2 aromatic carbocycles. The number of fused-ring (bicyclic) bond motifs is 1. The number of ether oxygens (including phenoxy) is 3. The molecule has 3 rings (SSSR count). The lowest BCUT2D eigenvalue weighted by Crippen LogP contribution is -2.16. The van der Waals surface area contributed by atoms with Gasteiger partial charge in [-0.3, -0.25) is 4.79 Å². The zero-order valence-electron chi connectivity index (χ0n) is 14.6. The number of hydrogen-bond acceptors (Lipinski definition) is 6. The van der Waals surface area contributed by atoms with Gasteiger partial charge in [-0.1, -0.05) is 18.2 Å². The SMILES string of the molecule is COc1cc(OC)c(OC)cc1/C=N\NC(=O)c1cc2ccccc2o1. The molecule has 1 amide bonds. The highest BCUT2D eigenvalue weighted by molar-refractivity contribution is 5.96. The molecular formula is C19H18N2O5. The van der Waals surface area contributed by atoms with Crippen molar-refractivity contribution in [1.29, 1.82) is 0 Å². The number of amides is 1. The van der Waals surface area contributed by atoms with Crippen LogP contribution in [-0.2, 0) is 0 Å². The van der Waals surface area contributed by atoms with Crippen molar-refractivity contribution in [2.45, 2.75) is 0 Å². The van der Waals surface area contributed by atoms with E-state index in [2.05, 4.69) is 10.5 Å². The lowest BCUT2D eigenvalue weighted by Gasteiger charge is -2.11. The minimum atomic E-state index is -0.447. The van der Waals surface area contributed by atoms with Crippen LogP contribution in [0.4, 0.5) is 0 Å². The molecule has 0 bridgehead atoms. The molecule has 0 aliphatic carbocycles. The molecule has 0 aliphatic rings. The summed E-state index contributed by atoms with van der Waals surface area (Å²) in [7, 11) is 4.61. The first-order chi connectivity index (χ1) is 12.7. The van der Waals surface area contributed by atoms with Crippen molar-refractivity contribution in [1.82, 2.24) is 5.43 Å². The van der Waals surface area contributed by atoms with E-state index in [4.69, 9.17) is 18.6 Å². The summed E-state index contributed by atoms with van der Waals surface area (Å²) in [5, 5.41) is 4.82. The van der Waals surface area contributed by atoms with Gasteiger partial charge in [-0.15, -0.1) is 0 Å². The third kappa shape index (κ3) is 3.46. The molecular weight excluding hydrogens is 336 g/mol. The van der Waals surface area contributed by atoms with Gasteiger partial charge in [-0.05, 0) is 18.2 Å². The van der Waals surface area contributed by atoms with Crippen LogP contribution in [0.2, 0.25) is 0 Å². The highest BCUT2D eigenvalue weighted by atomic mass is 16.5. The number of carbonyl (C=O) groups excluding carboxylic acids is 1. The molecule has 3 aromatic rings. The molecule has 0 radical (unpaired) electrons. The van der Waals surface area contributed by atoms with Crippen LogP contribution in [0.15, 0.2) is 52.0 Å². The van der Waals surface area contributed by atoms with Crippen molar-refractivity contribution in [2.75, 3.05) is 21.3 Å². The monoisotopic (exact) mass is 354 g/mol. The molecule has 0 saturated heterocycles. The van der Waals surface area contributed by atoms with Crippen molar-refractivity contribution in [3.63, 3.8) is 0 Å². The Balaban J connectivity index is 1.78. The summed E-state index contributed by atoms with van der Waals surface area (Å²) < 4.78 is 21.3. The lowest BCUT2D eigenvalue weighted by atomic mass is 10.2. The van der Waals surface area contributed by atoms with Crippen LogP contribution in [0.1, 0.15) is 16.1 Å². The number of para-hydroxylation sites is 1. The van der Waals surface area contributed by atoms with Crippen molar-refractivity contribution in [2.24, 2.45) is 5.10 Å². The smallest absolute Gasteiger partial charge is 0.307 e. The summed E-state index contributed by atoms with van der Waals surface area (Å²) in [6.07, 6.45) is 1.46. The van der Waals surface area contributed by atoms with Gasteiger partial charge in [0.25, 0.3) is 0 Å². The number of nitrogens with zero attached hydrogens (tertiary/aromatic N) is 1. The molecule has 134 valence electrons. The number of carbonyl (C=O) groups is 1. The number of methoxy groups -OCH3 is 3. The number of hydrogen-bond donors (Lipinski definition) is 1. The Kier molecular flexibility index (Phi) is 5.07. The minimum Gasteiger partial charge on any atom is -0.496 e. The van der Waals surface area contributed by atoms with E-state index in [-0.39, 0.29) is 5.76 Å². The third-order valence-electron chi connectivity index (χ3n) is 3.75. The molecule has 1 aromatic heterocycles. The molecule has 0 saturated carbocycles. The van der Waals surface area contributed by atoms with Crippen LogP contribution in [0.3, 0.4) is 0 Å². The standard InChI is InChI=1S/C19H18N2O5/c1-23-15-10-17(25-3)16(24-2)9-13(15)11-20-21-19(22)18-8-12-6-4-5-7-14(12)26-18/h4-11H,1-3H3,(H,21,22)/b20-11-. The third-order valence-corrected chi connectivity index (χ3v) is 3.75. The van der Waals surface area contributed by atoms with Gasteiger partial charge in [0.05, 0.1) is 27.5 Å². The van der Waals surface area contributed by atoms with E-state index in [1.807, 2.05) is 18.2 Å². The number of rotatable bonds is 6. The largest absolute Gasteiger partial charge is 0.496 e. The van der Waals surface area contributed by atoms with Gasteiger partial charge in [-0.25, -0.2) is 5.43 Å². The fourth-order valence-electron chi connectivity index (χ4n) is 2.46. The second kappa shape index (κ2) is 7.60. The van der Waals surface area contributed by atoms with E-state index < -0.39 is 5.91 Å². The zero-order chi connectivity index (χ0) is 18.5. The van der Waals surface area contributed by atoms with Gasteiger partial charge in [0, 0.05) is 17.0 Å². The van der Waals surface area contributed by atoms with Gasteiger partial charge in [0.1, 0.15) is 11.3 Å². The van der Waals surface area contributed by atoms with E-state index >= 15 is 0 Å². The van der Waals surface area contributed by atoms with Crippen LogP contribution >= 0.6 is 0 Å². The Morgan fingerprint density at radius 2 is 1.69 bits per heavy atom. The summed E-state index contributed by atoms with van der Waals surface area (Å²) in [5.41, 5.74) is 3.70. The highest BCUT2D eigenvalue weighted by Gasteiger charge is 2.12. The Bertz CT molecular complexity index is 929. The van der Waals surface area contributed by atoms with E-state index in [1.54, 1.807) is 31.4 Å². The Morgan fingerprint density at radius 3 is 2.38 bits per heavy atom. The molecule has 0 atom stereocenters. The quantitative estimate of drug-likeness (QED) is 0.543. The van der Waals surface area contributed by atoms with Crippen LogP contribution in [0, 0.1) is 0 Å². The second-order valence-electron chi connectivity index (χ2n) is 5.30. The fourth-order valence-corrected chi connectivity index (χ4v) is 2.46. The Hall–Kier alpha value is -3.48. The predicted octanol–water partition coefficient (Wildman–Crippen LogP) is 3.22. The number of hydrazone groups is 1. The average molecular weight is 354 g/mol. The first-order valence-corrected chi connectivity index (χ1v) is 7.78. The molecule has 7 heteroatoms. The first-order valence-electron chi connectivity index (χ1n) is 7.78. The van der Waals surface area contributed by atoms with E-state index in [0.717, 1.165) is 5.39 Å². The van der Waals surface area contributed by atoms with Gasteiger partial charge in [0.15, 0.2) is 17.3 Å². The normalized spacial score (nSPS) is 10.9. The molecule has 26 heavy (non-hydrogen) atoms. The minimum absolute atomic E-state index is 0.183. The molecule has 1 heterocycles. The Labute approximate surface area is 150 Å². The van der Waals surface area contributed by atoms with Gasteiger partial charge in [-0.2, -0.15) is 5.10 Å². The predicted molar refractivity (Wildman–Crippen MR) is 97.4 cm³/mol. The van der Waals surface area contributed by atoms with E-state index in [0.29, 0.717) is 28.4 Å². The molecule has 1 N–H and O–H groups in total. The van der Waals surface area contributed by atoms with E-state index in [9.17, 15) is 4.79 Å². The zero-order valence-corrected chi connectivity index (χ0v) is 14.6. The van der Waals surface area contributed by atoms with Crippen molar-refractivity contribution < 1.29 is 23.4 Å². The first kappa shape index (κ1) is 17.3. The number of furan rings is 1. The number of benzene rings is 2. The molecule has 0 unspecified atom stereocenters. The average Bonchev–Trinajstić information content (AvgIpc) is 3.11. The van der Waals surface area contributed by atoms with Crippen molar-refractivity contribution >= 4 is 23.1 Å². The molecule has 7 nitrogen and oxygen atoms in total. The van der Waals surface area contributed by atoms with Crippen molar-refractivity contribution in [3.8, 4) is 17.2 Å². The van der Waals surface area contributed by atoms with Crippen LogP contribution in [-0.4, -0.2) is 33.5 Å². The second-order valence-corrected chi connectivity index (χ2v) is 5.30. The molecule has 0 aliphatic heterocycles. The summed E-state index contributed by atoms with van der Waals surface area (Å²) in [5.74, 6) is 1.33. The van der Waals surface area contributed by atoms with E-state index in [1.165, 1.54) is 20.4 Å². The summed E-state index contributed by atoms with van der Waals surface area (Å²) >= 11 is 0. The maximum atomic E-state index is 12.2. The maximum absolute atomic E-state index is 12.2. The molecule has 0 fully saturated rings.